The van der Waals surface area contributed by atoms with Gasteiger partial charge in [-0.1, -0.05) is 24.3 Å². The van der Waals surface area contributed by atoms with E-state index in [0.717, 1.165) is 12.1 Å². The average Bonchev–Trinajstić information content (AvgIpc) is 3.14. The number of imidazole rings is 1. The summed E-state index contributed by atoms with van der Waals surface area (Å²) in [4.78, 5) is 18.2. The van der Waals surface area contributed by atoms with Crippen LogP contribution in [0.25, 0.3) is 11.3 Å². The van der Waals surface area contributed by atoms with Crippen molar-refractivity contribution in [2.24, 2.45) is 5.92 Å². The van der Waals surface area contributed by atoms with Crippen molar-refractivity contribution in [3.8, 4) is 11.3 Å². The van der Waals surface area contributed by atoms with Gasteiger partial charge in [0.25, 0.3) is 0 Å². The molecule has 1 amide bonds. The first-order chi connectivity index (χ1) is 12.3. The van der Waals surface area contributed by atoms with E-state index in [0.29, 0.717) is 13.1 Å². The maximum atomic E-state index is 12.3. The Bertz CT molecular complexity index is 824. The molecule has 1 aromatic carbocycles. The lowest BCUT2D eigenvalue weighted by Crippen LogP contribution is -2.50. The summed E-state index contributed by atoms with van der Waals surface area (Å²) in [5.41, 5.74) is 2.96. The first-order valence-corrected chi connectivity index (χ1v) is 9.12. The Morgan fingerprint density at radius 2 is 2.08 bits per heavy atom. The summed E-state index contributed by atoms with van der Waals surface area (Å²) in [6.07, 6.45) is 3.47. The molecule has 0 radical (unpaired) electrons. The summed E-state index contributed by atoms with van der Waals surface area (Å²) >= 11 is 0. The molecule has 0 aliphatic carbocycles. The molecule has 0 unspecified atom stereocenters. The van der Waals surface area contributed by atoms with Crippen LogP contribution in [0.3, 0.4) is 0 Å². The molecule has 6 nitrogen and oxygen atoms in total. The minimum absolute atomic E-state index is 0.0327. The lowest BCUT2D eigenvalue weighted by atomic mass is 9.83. The Kier molecular flexibility index (Phi) is 4.03. The van der Waals surface area contributed by atoms with Gasteiger partial charge in [-0.15, -0.1) is 0 Å². The molecular weight excluding hydrogens is 330 g/mol. The zero-order valence-electron chi connectivity index (χ0n) is 15.4. The zero-order chi connectivity index (χ0) is 18.5. The van der Waals surface area contributed by atoms with Crippen LogP contribution in [0.5, 0.6) is 0 Å². The molecule has 3 heterocycles. The Hall–Kier alpha value is -2.34. The second kappa shape index (κ2) is 6.13. The number of likely N-dealkylation sites (tertiary alicyclic amines) is 1. The fourth-order valence-corrected chi connectivity index (χ4v) is 4.12. The van der Waals surface area contributed by atoms with E-state index in [2.05, 4.69) is 21.7 Å². The topological polar surface area (TPSA) is 67.6 Å². The highest BCUT2D eigenvalue weighted by Gasteiger charge is 2.41. The number of β-amino-alcohol motifs (C(OH)–C–C–N with tert-alkyl or cyclic N) is 1. The van der Waals surface area contributed by atoms with Crippen LogP contribution in [-0.4, -0.2) is 50.4 Å². The second-order valence-corrected chi connectivity index (χ2v) is 8.16. The number of nitrogens with zero attached hydrogens (tertiary/aromatic N) is 3. The van der Waals surface area contributed by atoms with Crippen molar-refractivity contribution in [1.82, 2.24) is 14.5 Å². The van der Waals surface area contributed by atoms with E-state index in [1.807, 2.05) is 45.4 Å². The number of carbonyl (C=O) groups is 1. The number of aromatic nitrogens is 2. The molecule has 6 heteroatoms. The number of carbonyl (C=O) groups excluding carboxylic acids is 1. The van der Waals surface area contributed by atoms with Crippen molar-refractivity contribution >= 4 is 6.09 Å². The van der Waals surface area contributed by atoms with Crippen molar-refractivity contribution in [3.63, 3.8) is 0 Å². The predicted molar refractivity (Wildman–Crippen MR) is 97.7 cm³/mol. The minimum atomic E-state index is -0.609. The number of ether oxygens (including phenoxy) is 1. The van der Waals surface area contributed by atoms with Crippen LogP contribution in [-0.2, 0) is 4.74 Å². The molecule has 1 saturated heterocycles. The average molecular weight is 355 g/mol. The largest absolute Gasteiger partial charge is 0.444 e. The number of hydrogen-bond acceptors (Lipinski definition) is 4. The molecule has 2 aliphatic heterocycles. The normalized spacial score (nSPS) is 24.9. The molecule has 4 rings (SSSR count). The van der Waals surface area contributed by atoms with Crippen molar-refractivity contribution in [1.29, 1.82) is 0 Å². The van der Waals surface area contributed by atoms with E-state index < -0.39 is 11.7 Å². The van der Waals surface area contributed by atoms with Crippen LogP contribution < -0.4 is 0 Å². The van der Waals surface area contributed by atoms with Crippen LogP contribution in [0.4, 0.5) is 4.79 Å². The number of fused-ring (bicyclic) bond motifs is 3. The van der Waals surface area contributed by atoms with Gasteiger partial charge in [0, 0.05) is 18.0 Å². The van der Waals surface area contributed by atoms with E-state index in [9.17, 15) is 9.90 Å². The summed E-state index contributed by atoms with van der Waals surface area (Å²) in [5.74, 6) is 0.0327. The van der Waals surface area contributed by atoms with Crippen LogP contribution in [0.1, 0.15) is 38.8 Å². The fraction of sp³-hybridized carbons (Fsp3) is 0.500. The standard InChI is InChI=1S/C20H25N3O3/c1-20(2,3)26-19(25)22-9-8-15(17(24)11-22)18-14-7-5-4-6-13(14)16-10-21-12-23(16)18/h4-7,10,12,15,17-18,24H,8-9,11H2,1-3H3/t15-,17-,18-/m1/s1. The zero-order valence-corrected chi connectivity index (χ0v) is 15.4. The minimum Gasteiger partial charge on any atom is -0.444 e. The SMILES string of the molecule is CC(C)(C)OC(=O)N1CC[C@@H]([C@H]2c3ccccc3-c3cncn32)[C@H](O)C1. The van der Waals surface area contributed by atoms with Crippen molar-refractivity contribution in [2.45, 2.75) is 44.9 Å². The van der Waals surface area contributed by atoms with Gasteiger partial charge in [-0.05, 0) is 32.8 Å². The number of amides is 1. The molecular formula is C20H25N3O3. The highest BCUT2D eigenvalue weighted by molar-refractivity contribution is 5.70. The second-order valence-electron chi connectivity index (χ2n) is 8.16. The van der Waals surface area contributed by atoms with E-state index in [1.165, 1.54) is 11.1 Å². The van der Waals surface area contributed by atoms with Crippen molar-refractivity contribution in [3.05, 3.63) is 42.4 Å². The van der Waals surface area contributed by atoms with E-state index in [1.54, 1.807) is 4.90 Å². The number of rotatable bonds is 1. The number of hydrogen-bond donors (Lipinski definition) is 1. The van der Waals surface area contributed by atoms with Crippen LogP contribution >= 0.6 is 0 Å². The van der Waals surface area contributed by atoms with Crippen LogP contribution in [0, 0.1) is 5.92 Å². The van der Waals surface area contributed by atoms with E-state index in [4.69, 9.17) is 4.74 Å². The summed E-state index contributed by atoms with van der Waals surface area (Å²) in [7, 11) is 0. The number of benzene rings is 1. The predicted octanol–water partition coefficient (Wildman–Crippen LogP) is 3.07. The van der Waals surface area contributed by atoms with Gasteiger partial charge in [0.05, 0.1) is 36.9 Å². The number of piperidine rings is 1. The smallest absolute Gasteiger partial charge is 0.410 e. The van der Waals surface area contributed by atoms with Gasteiger partial charge in [0.1, 0.15) is 5.60 Å². The monoisotopic (exact) mass is 355 g/mol. The Balaban J connectivity index is 1.55. The molecule has 0 spiro atoms. The highest BCUT2D eigenvalue weighted by atomic mass is 16.6. The van der Waals surface area contributed by atoms with Crippen LogP contribution in [0.15, 0.2) is 36.8 Å². The third kappa shape index (κ3) is 2.88. The molecule has 1 aromatic heterocycles. The number of aliphatic hydroxyl groups excluding tert-OH is 1. The highest BCUT2D eigenvalue weighted by Crippen LogP contribution is 2.45. The van der Waals surface area contributed by atoms with Gasteiger partial charge >= 0.3 is 6.09 Å². The van der Waals surface area contributed by atoms with Gasteiger partial charge in [0.2, 0.25) is 0 Å². The molecule has 1 N–H and O–H groups in total. The molecule has 2 aromatic rings. The lowest BCUT2D eigenvalue weighted by Gasteiger charge is -2.39. The van der Waals surface area contributed by atoms with E-state index in [-0.39, 0.29) is 18.1 Å². The Labute approximate surface area is 153 Å². The van der Waals surface area contributed by atoms with E-state index >= 15 is 0 Å². The van der Waals surface area contributed by atoms with Crippen molar-refractivity contribution < 1.29 is 14.6 Å². The maximum absolute atomic E-state index is 12.3. The molecule has 1 fully saturated rings. The van der Waals surface area contributed by atoms with Gasteiger partial charge in [0.15, 0.2) is 0 Å². The van der Waals surface area contributed by atoms with Gasteiger partial charge < -0.3 is 19.3 Å². The Morgan fingerprint density at radius 1 is 1.31 bits per heavy atom. The first-order valence-electron chi connectivity index (χ1n) is 9.12. The fourth-order valence-electron chi connectivity index (χ4n) is 4.12. The van der Waals surface area contributed by atoms with Crippen LogP contribution in [0.2, 0.25) is 0 Å². The Morgan fingerprint density at radius 3 is 2.81 bits per heavy atom. The maximum Gasteiger partial charge on any atom is 0.410 e. The van der Waals surface area contributed by atoms with Gasteiger partial charge in [-0.25, -0.2) is 9.78 Å². The third-order valence-electron chi connectivity index (χ3n) is 5.21. The molecule has 138 valence electrons. The molecule has 0 saturated carbocycles. The molecule has 3 atom stereocenters. The first kappa shape index (κ1) is 17.1. The summed E-state index contributed by atoms with van der Waals surface area (Å²) in [6.45, 7) is 6.43. The van der Waals surface area contributed by atoms with Gasteiger partial charge in [-0.2, -0.15) is 0 Å². The summed E-state index contributed by atoms with van der Waals surface area (Å²) in [6, 6.07) is 8.35. The van der Waals surface area contributed by atoms with Crippen molar-refractivity contribution in [2.75, 3.05) is 13.1 Å². The third-order valence-corrected chi connectivity index (χ3v) is 5.21. The van der Waals surface area contributed by atoms with Gasteiger partial charge in [-0.3, -0.25) is 0 Å². The summed E-state index contributed by atoms with van der Waals surface area (Å²) in [5, 5.41) is 10.9. The molecule has 0 bridgehead atoms. The quantitative estimate of drug-likeness (QED) is 0.854. The summed E-state index contributed by atoms with van der Waals surface area (Å²) < 4.78 is 7.60. The molecule has 2 aliphatic rings. The number of aliphatic hydroxyl groups is 1. The lowest BCUT2D eigenvalue weighted by molar-refractivity contribution is -0.0193. The molecule has 26 heavy (non-hydrogen) atoms.